The van der Waals surface area contributed by atoms with E-state index in [4.69, 9.17) is 0 Å². The molecule has 0 saturated carbocycles. The molecule has 2 heterocycles. The molecule has 1 saturated heterocycles. The van der Waals surface area contributed by atoms with Gasteiger partial charge in [-0.05, 0) is 31.2 Å². The van der Waals surface area contributed by atoms with Gasteiger partial charge in [0.25, 0.3) is 5.91 Å². The van der Waals surface area contributed by atoms with Crippen LogP contribution in [-0.4, -0.2) is 33.5 Å². The highest BCUT2D eigenvalue weighted by atomic mass is 16.3. The Morgan fingerprint density at radius 2 is 2.11 bits per heavy atom. The first-order valence-corrected chi connectivity index (χ1v) is 6.44. The molecule has 1 aliphatic rings. The molecular weight excluding hydrogens is 228 g/mol. The molecule has 0 spiro atoms. The van der Waals surface area contributed by atoms with Crippen molar-refractivity contribution >= 4 is 5.91 Å². The summed E-state index contributed by atoms with van der Waals surface area (Å²) >= 11 is 0. The number of likely N-dealkylation sites (tertiary alicyclic amines) is 1. The van der Waals surface area contributed by atoms with Crippen molar-refractivity contribution in [3.8, 4) is 5.75 Å². The fourth-order valence-corrected chi connectivity index (χ4v) is 2.69. The number of nitrogens with zero attached hydrogens (tertiary/aromatic N) is 2. The van der Waals surface area contributed by atoms with Crippen molar-refractivity contribution < 1.29 is 9.90 Å². The smallest absolute Gasteiger partial charge is 0.255 e. The third-order valence-corrected chi connectivity index (χ3v) is 3.83. The zero-order chi connectivity index (χ0) is 13.3. The zero-order valence-corrected chi connectivity index (χ0v) is 11.1. The predicted molar refractivity (Wildman–Crippen MR) is 69.3 cm³/mol. The van der Waals surface area contributed by atoms with Crippen LogP contribution >= 0.6 is 0 Å². The Labute approximate surface area is 108 Å². The molecule has 2 rings (SSSR count). The lowest BCUT2D eigenvalue weighted by Gasteiger charge is -2.41. The summed E-state index contributed by atoms with van der Waals surface area (Å²) in [5.41, 5.74) is 0.461. The third kappa shape index (κ3) is 2.47. The van der Waals surface area contributed by atoms with E-state index in [-0.39, 0.29) is 17.7 Å². The SMILES string of the molecule is CC1CC(C)C(C)N(C(=O)c2cncc(O)c2)C1. The van der Waals surface area contributed by atoms with Gasteiger partial charge in [-0.2, -0.15) is 0 Å². The molecule has 1 fully saturated rings. The van der Waals surface area contributed by atoms with E-state index in [0.717, 1.165) is 13.0 Å². The van der Waals surface area contributed by atoms with Gasteiger partial charge in [0.2, 0.25) is 0 Å². The number of hydrogen-bond donors (Lipinski definition) is 1. The van der Waals surface area contributed by atoms with Crippen LogP contribution in [0.5, 0.6) is 5.75 Å². The summed E-state index contributed by atoms with van der Waals surface area (Å²) in [4.78, 5) is 18.2. The maximum atomic E-state index is 12.4. The van der Waals surface area contributed by atoms with Gasteiger partial charge in [-0.3, -0.25) is 9.78 Å². The predicted octanol–water partition coefficient (Wildman–Crippen LogP) is 2.29. The normalized spacial score (nSPS) is 28.2. The summed E-state index contributed by atoms with van der Waals surface area (Å²) in [6.07, 6.45) is 4.00. The van der Waals surface area contributed by atoms with Crippen LogP contribution in [0.15, 0.2) is 18.5 Å². The number of piperidine rings is 1. The standard InChI is InChI=1S/C14H20N2O2/c1-9-4-10(2)11(3)16(8-9)14(18)12-5-13(17)7-15-6-12/h5-7,9-11,17H,4,8H2,1-3H3. The van der Waals surface area contributed by atoms with Crippen molar-refractivity contribution in [1.82, 2.24) is 9.88 Å². The van der Waals surface area contributed by atoms with Gasteiger partial charge >= 0.3 is 0 Å². The molecule has 1 aromatic heterocycles. The number of pyridine rings is 1. The number of aromatic nitrogens is 1. The molecular formula is C14H20N2O2. The van der Waals surface area contributed by atoms with E-state index >= 15 is 0 Å². The van der Waals surface area contributed by atoms with Crippen LogP contribution < -0.4 is 0 Å². The summed E-state index contributed by atoms with van der Waals surface area (Å²) in [7, 11) is 0. The molecule has 1 amide bonds. The molecule has 1 aliphatic heterocycles. The van der Waals surface area contributed by atoms with Crippen molar-refractivity contribution in [2.24, 2.45) is 11.8 Å². The Morgan fingerprint density at radius 1 is 1.39 bits per heavy atom. The monoisotopic (exact) mass is 248 g/mol. The van der Waals surface area contributed by atoms with E-state index in [1.165, 1.54) is 18.5 Å². The highest BCUT2D eigenvalue weighted by molar-refractivity contribution is 5.94. The molecule has 0 aliphatic carbocycles. The summed E-state index contributed by atoms with van der Waals surface area (Å²) in [6, 6.07) is 1.71. The van der Waals surface area contributed by atoms with Gasteiger partial charge in [0.05, 0.1) is 11.8 Å². The molecule has 4 heteroatoms. The number of rotatable bonds is 1. The van der Waals surface area contributed by atoms with E-state index in [0.29, 0.717) is 17.4 Å². The highest BCUT2D eigenvalue weighted by Crippen LogP contribution is 2.28. The maximum Gasteiger partial charge on any atom is 0.255 e. The Kier molecular flexibility index (Phi) is 3.55. The van der Waals surface area contributed by atoms with Gasteiger partial charge in [0, 0.05) is 18.8 Å². The largest absolute Gasteiger partial charge is 0.506 e. The lowest BCUT2D eigenvalue weighted by atomic mass is 9.85. The van der Waals surface area contributed by atoms with Crippen LogP contribution in [0.1, 0.15) is 37.6 Å². The van der Waals surface area contributed by atoms with Crippen LogP contribution in [0, 0.1) is 11.8 Å². The average molecular weight is 248 g/mol. The molecule has 3 unspecified atom stereocenters. The summed E-state index contributed by atoms with van der Waals surface area (Å²) in [5.74, 6) is 1.02. The molecule has 4 nitrogen and oxygen atoms in total. The van der Waals surface area contributed by atoms with E-state index in [9.17, 15) is 9.90 Å². The van der Waals surface area contributed by atoms with Gasteiger partial charge in [-0.25, -0.2) is 0 Å². The number of hydrogen-bond acceptors (Lipinski definition) is 3. The highest BCUT2D eigenvalue weighted by Gasteiger charge is 2.32. The van der Waals surface area contributed by atoms with Crippen LogP contribution in [0.3, 0.4) is 0 Å². The van der Waals surface area contributed by atoms with Crippen LogP contribution in [0.4, 0.5) is 0 Å². The average Bonchev–Trinajstić information content (AvgIpc) is 2.33. The van der Waals surface area contributed by atoms with E-state index in [1.807, 2.05) is 4.90 Å². The second-order valence-corrected chi connectivity index (χ2v) is 5.45. The second-order valence-electron chi connectivity index (χ2n) is 5.45. The quantitative estimate of drug-likeness (QED) is 0.829. The van der Waals surface area contributed by atoms with Crippen LogP contribution in [-0.2, 0) is 0 Å². The fourth-order valence-electron chi connectivity index (χ4n) is 2.69. The minimum Gasteiger partial charge on any atom is -0.506 e. The molecule has 0 bridgehead atoms. The third-order valence-electron chi connectivity index (χ3n) is 3.83. The Bertz CT molecular complexity index is 447. The Balaban J connectivity index is 2.22. The van der Waals surface area contributed by atoms with Crippen molar-refractivity contribution in [1.29, 1.82) is 0 Å². The van der Waals surface area contributed by atoms with Crippen LogP contribution in [0.25, 0.3) is 0 Å². The first-order valence-electron chi connectivity index (χ1n) is 6.44. The lowest BCUT2D eigenvalue weighted by molar-refractivity contribution is 0.0455. The lowest BCUT2D eigenvalue weighted by Crippen LogP contribution is -2.48. The van der Waals surface area contributed by atoms with Crippen molar-refractivity contribution in [3.05, 3.63) is 24.0 Å². The van der Waals surface area contributed by atoms with Gasteiger partial charge in [-0.1, -0.05) is 13.8 Å². The van der Waals surface area contributed by atoms with Crippen molar-refractivity contribution in [2.45, 2.75) is 33.2 Å². The van der Waals surface area contributed by atoms with Gasteiger partial charge in [0.15, 0.2) is 0 Å². The van der Waals surface area contributed by atoms with E-state index < -0.39 is 0 Å². The van der Waals surface area contributed by atoms with Crippen molar-refractivity contribution in [3.63, 3.8) is 0 Å². The summed E-state index contributed by atoms with van der Waals surface area (Å²) in [5, 5.41) is 9.40. The minimum absolute atomic E-state index is 0.0339. The molecule has 18 heavy (non-hydrogen) atoms. The molecule has 1 N–H and O–H groups in total. The number of amides is 1. The number of aromatic hydroxyl groups is 1. The maximum absolute atomic E-state index is 12.4. The van der Waals surface area contributed by atoms with Gasteiger partial charge < -0.3 is 10.0 Å². The second kappa shape index (κ2) is 4.96. The first kappa shape index (κ1) is 12.9. The van der Waals surface area contributed by atoms with E-state index in [1.54, 1.807) is 0 Å². The van der Waals surface area contributed by atoms with Gasteiger partial charge in [0.1, 0.15) is 5.75 Å². The van der Waals surface area contributed by atoms with E-state index in [2.05, 4.69) is 25.8 Å². The minimum atomic E-state index is -0.0377. The number of carbonyl (C=O) groups is 1. The molecule has 98 valence electrons. The number of carbonyl (C=O) groups excluding carboxylic acids is 1. The molecule has 1 aromatic rings. The molecule has 0 aromatic carbocycles. The Morgan fingerprint density at radius 3 is 2.78 bits per heavy atom. The zero-order valence-electron chi connectivity index (χ0n) is 11.1. The fraction of sp³-hybridized carbons (Fsp3) is 0.571. The van der Waals surface area contributed by atoms with Gasteiger partial charge in [-0.15, -0.1) is 0 Å². The summed E-state index contributed by atoms with van der Waals surface area (Å²) in [6.45, 7) is 7.22. The van der Waals surface area contributed by atoms with Crippen LogP contribution in [0.2, 0.25) is 0 Å². The summed E-state index contributed by atoms with van der Waals surface area (Å²) < 4.78 is 0. The topological polar surface area (TPSA) is 53.4 Å². The Hall–Kier alpha value is -1.58. The first-order chi connectivity index (χ1) is 8.49. The van der Waals surface area contributed by atoms with Crippen molar-refractivity contribution in [2.75, 3.05) is 6.54 Å². The molecule has 0 radical (unpaired) electrons. The molecule has 3 atom stereocenters.